The standard InChI is InChI=1S/C23H34O3.C2H6.CH3N/c1-4-24-22(3)11-9-20-19-6-5-16-15-23(25-13-14-26-23)12-8-17(16)18(19)7-10-21(20,22)2;2*1-2/h7,19-20H,4-6,8-15H2,1-3H3;1-2H3;2H,1H2/t19?,20?,21?,22-;;/m1../s1. The number of hydrogen-bond acceptors (Lipinski definition) is 4. The van der Waals surface area contributed by atoms with Crippen molar-refractivity contribution in [3.63, 3.8) is 0 Å². The molecule has 30 heavy (non-hydrogen) atoms. The third kappa shape index (κ3) is 3.63. The van der Waals surface area contributed by atoms with Crippen molar-refractivity contribution in [2.45, 2.75) is 97.4 Å². The third-order valence-corrected chi connectivity index (χ3v) is 8.64. The molecule has 4 atom stereocenters. The average Bonchev–Trinajstić information content (AvgIpc) is 3.33. The van der Waals surface area contributed by atoms with E-state index < -0.39 is 0 Å². The molecule has 1 spiro atoms. The Hall–Kier alpha value is -0.970. The molecule has 3 unspecified atom stereocenters. The lowest BCUT2D eigenvalue weighted by Gasteiger charge is -2.51. The van der Waals surface area contributed by atoms with Crippen molar-refractivity contribution in [1.82, 2.24) is 0 Å². The van der Waals surface area contributed by atoms with Crippen molar-refractivity contribution in [3.05, 3.63) is 22.8 Å². The summed E-state index contributed by atoms with van der Waals surface area (Å²) in [6.45, 7) is 15.9. The second-order valence-electron chi connectivity index (χ2n) is 9.60. The Labute approximate surface area is 183 Å². The quantitative estimate of drug-likeness (QED) is 0.525. The molecule has 1 N–H and O–H groups in total. The van der Waals surface area contributed by atoms with E-state index in [0.717, 1.165) is 50.9 Å². The fraction of sp³-hybridized carbons (Fsp3) is 0.808. The Morgan fingerprint density at radius 2 is 1.80 bits per heavy atom. The van der Waals surface area contributed by atoms with E-state index in [-0.39, 0.29) is 11.4 Å². The molecule has 5 rings (SSSR count). The maximum absolute atomic E-state index is 6.34. The maximum Gasteiger partial charge on any atom is 0.172 e. The molecular weight excluding hydrogens is 374 g/mol. The summed E-state index contributed by atoms with van der Waals surface area (Å²) in [6, 6.07) is 0. The van der Waals surface area contributed by atoms with Crippen LogP contribution in [-0.4, -0.2) is 37.9 Å². The second kappa shape index (κ2) is 9.26. The van der Waals surface area contributed by atoms with Gasteiger partial charge in [0.25, 0.3) is 0 Å². The van der Waals surface area contributed by atoms with Gasteiger partial charge < -0.3 is 19.6 Å². The van der Waals surface area contributed by atoms with Crippen LogP contribution in [0, 0.1) is 22.7 Å². The molecule has 0 amide bonds. The fourth-order valence-electron chi connectivity index (χ4n) is 7.06. The van der Waals surface area contributed by atoms with Crippen molar-refractivity contribution in [2.24, 2.45) is 17.3 Å². The number of fused-ring (bicyclic) bond motifs is 4. The molecular formula is C26H43NO3. The van der Waals surface area contributed by atoms with Gasteiger partial charge in [0.1, 0.15) is 0 Å². The molecule has 0 aromatic heterocycles. The molecule has 170 valence electrons. The summed E-state index contributed by atoms with van der Waals surface area (Å²) < 4.78 is 18.4. The van der Waals surface area contributed by atoms with Gasteiger partial charge in [0.15, 0.2) is 5.79 Å². The third-order valence-electron chi connectivity index (χ3n) is 8.64. The number of nitrogens with one attached hydrogen (secondary N) is 1. The average molecular weight is 418 g/mol. The summed E-state index contributed by atoms with van der Waals surface area (Å²) >= 11 is 0. The van der Waals surface area contributed by atoms with Crippen molar-refractivity contribution in [1.29, 1.82) is 5.41 Å². The summed E-state index contributed by atoms with van der Waals surface area (Å²) in [4.78, 5) is 0. The zero-order chi connectivity index (χ0) is 22.0. The Morgan fingerprint density at radius 3 is 2.47 bits per heavy atom. The Morgan fingerprint density at radius 1 is 1.10 bits per heavy atom. The first-order valence-corrected chi connectivity index (χ1v) is 12.2. The summed E-state index contributed by atoms with van der Waals surface area (Å²) in [6.07, 6.45) is 12.1. The molecule has 4 nitrogen and oxygen atoms in total. The molecule has 2 fully saturated rings. The highest BCUT2D eigenvalue weighted by molar-refractivity contribution is 5.45. The summed E-state index contributed by atoms with van der Waals surface area (Å²) in [5.74, 6) is 1.24. The first-order chi connectivity index (χ1) is 14.5. The molecule has 4 heteroatoms. The van der Waals surface area contributed by atoms with Crippen LogP contribution < -0.4 is 0 Å². The van der Waals surface area contributed by atoms with Crippen LogP contribution >= 0.6 is 0 Å². The first kappa shape index (κ1) is 23.7. The van der Waals surface area contributed by atoms with Crippen LogP contribution in [-0.2, 0) is 14.2 Å². The highest BCUT2D eigenvalue weighted by Gasteiger charge is 2.59. The first-order valence-electron chi connectivity index (χ1n) is 12.2. The van der Waals surface area contributed by atoms with Gasteiger partial charge in [-0.05, 0) is 82.1 Å². The summed E-state index contributed by atoms with van der Waals surface area (Å²) in [5, 5.41) is 5.50. The second-order valence-corrected chi connectivity index (χ2v) is 9.60. The van der Waals surface area contributed by atoms with Crippen LogP contribution in [0.3, 0.4) is 0 Å². The van der Waals surface area contributed by atoms with E-state index in [1.165, 1.54) is 32.1 Å². The van der Waals surface area contributed by atoms with Gasteiger partial charge in [-0.15, -0.1) is 0 Å². The van der Waals surface area contributed by atoms with Crippen LogP contribution in [0.2, 0.25) is 0 Å². The van der Waals surface area contributed by atoms with E-state index in [1.807, 2.05) is 13.8 Å². The molecule has 0 radical (unpaired) electrons. The number of allylic oxidation sites excluding steroid dienone is 3. The van der Waals surface area contributed by atoms with Crippen molar-refractivity contribution < 1.29 is 14.2 Å². The van der Waals surface area contributed by atoms with Gasteiger partial charge in [-0.1, -0.05) is 32.4 Å². The number of hydrogen-bond donors (Lipinski definition) is 1. The molecule has 0 aromatic carbocycles. The minimum Gasteiger partial charge on any atom is -0.375 e. The van der Waals surface area contributed by atoms with E-state index in [0.29, 0.717) is 5.41 Å². The molecule has 5 aliphatic rings. The van der Waals surface area contributed by atoms with Gasteiger partial charge in [-0.3, -0.25) is 0 Å². The van der Waals surface area contributed by atoms with Gasteiger partial charge in [-0.25, -0.2) is 0 Å². The van der Waals surface area contributed by atoms with Crippen LogP contribution in [0.1, 0.15) is 86.0 Å². The zero-order valence-electron chi connectivity index (χ0n) is 19.9. The lowest BCUT2D eigenvalue weighted by Crippen LogP contribution is -2.49. The Bertz CT molecular complexity index is 678. The van der Waals surface area contributed by atoms with E-state index in [4.69, 9.17) is 19.6 Å². The SMILES string of the molecule is C=N.CC.CCO[C@]1(C)CCC2C3CCC4=C(CCC5(C4)OCCO5)C3=CCC21C. The minimum atomic E-state index is -0.281. The van der Waals surface area contributed by atoms with Crippen LogP contribution in [0.4, 0.5) is 0 Å². The lowest BCUT2D eigenvalue weighted by molar-refractivity contribution is -0.164. The van der Waals surface area contributed by atoms with E-state index >= 15 is 0 Å². The zero-order valence-corrected chi connectivity index (χ0v) is 19.9. The smallest absolute Gasteiger partial charge is 0.172 e. The molecule has 4 aliphatic carbocycles. The van der Waals surface area contributed by atoms with Crippen LogP contribution in [0.25, 0.3) is 0 Å². The van der Waals surface area contributed by atoms with Crippen LogP contribution in [0.15, 0.2) is 22.8 Å². The monoisotopic (exact) mass is 417 g/mol. The molecule has 1 heterocycles. The van der Waals surface area contributed by atoms with Crippen molar-refractivity contribution in [3.8, 4) is 0 Å². The van der Waals surface area contributed by atoms with Gasteiger partial charge in [0.2, 0.25) is 0 Å². The predicted molar refractivity (Wildman–Crippen MR) is 123 cm³/mol. The summed E-state index contributed by atoms with van der Waals surface area (Å²) in [7, 11) is 0. The fourth-order valence-corrected chi connectivity index (χ4v) is 7.06. The Balaban J connectivity index is 0.000000606. The summed E-state index contributed by atoms with van der Waals surface area (Å²) in [5.41, 5.74) is 5.35. The topological polar surface area (TPSA) is 51.5 Å². The van der Waals surface area contributed by atoms with Crippen molar-refractivity contribution in [2.75, 3.05) is 19.8 Å². The molecule has 0 aromatic rings. The van der Waals surface area contributed by atoms with Crippen LogP contribution in [0.5, 0.6) is 0 Å². The maximum atomic E-state index is 6.34. The van der Waals surface area contributed by atoms with Gasteiger partial charge in [0.05, 0.1) is 18.8 Å². The molecule has 1 saturated heterocycles. The number of ether oxygens (including phenoxy) is 3. The highest BCUT2D eigenvalue weighted by atomic mass is 16.7. The van der Waals surface area contributed by atoms with E-state index in [9.17, 15) is 0 Å². The molecule has 1 aliphatic heterocycles. The molecule has 1 saturated carbocycles. The van der Waals surface area contributed by atoms with Gasteiger partial charge >= 0.3 is 0 Å². The van der Waals surface area contributed by atoms with Gasteiger partial charge in [0, 0.05) is 24.9 Å². The Kier molecular flexibility index (Phi) is 7.31. The lowest BCUT2D eigenvalue weighted by atomic mass is 9.56. The van der Waals surface area contributed by atoms with E-state index in [1.54, 1.807) is 16.7 Å². The highest BCUT2D eigenvalue weighted by Crippen LogP contribution is 2.63. The predicted octanol–water partition coefficient (Wildman–Crippen LogP) is 6.45. The number of rotatable bonds is 2. The minimum absolute atomic E-state index is 0.0469. The van der Waals surface area contributed by atoms with Gasteiger partial charge in [-0.2, -0.15) is 0 Å². The normalized spacial score (nSPS) is 38.4. The largest absolute Gasteiger partial charge is 0.375 e. The molecule has 0 bridgehead atoms. The van der Waals surface area contributed by atoms with Crippen molar-refractivity contribution >= 4 is 6.72 Å². The van der Waals surface area contributed by atoms with E-state index in [2.05, 4.69) is 33.6 Å².